The molecule has 3 heterocycles. The van der Waals surface area contributed by atoms with Gasteiger partial charge in [-0.15, -0.1) is 11.3 Å². The third-order valence-electron chi connectivity index (χ3n) is 10.2. The molecule has 0 fully saturated rings. The Labute approximate surface area is 277 Å². The van der Waals surface area contributed by atoms with Gasteiger partial charge in [-0.1, -0.05) is 123 Å². The Morgan fingerprint density at radius 2 is 1.26 bits per heavy atom. The number of nitrogens with zero attached hydrogens (tertiary/aromatic N) is 2. The van der Waals surface area contributed by atoms with E-state index >= 15 is 0 Å². The Bertz CT molecular complexity index is 2640. The van der Waals surface area contributed by atoms with Gasteiger partial charge in [-0.25, -0.2) is 4.98 Å². The molecule has 0 unspecified atom stereocenters. The molecule has 0 atom stereocenters. The minimum atomic E-state index is -0.0274. The Hall–Kier alpha value is -5.51. The van der Waals surface area contributed by atoms with Crippen molar-refractivity contribution in [2.24, 2.45) is 0 Å². The summed E-state index contributed by atoms with van der Waals surface area (Å²) < 4.78 is 5.01. The maximum atomic E-state index is 5.35. The van der Waals surface area contributed by atoms with Crippen molar-refractivity contribution in [2.75, 3.05) is 0 Å². The number of para-hydroxylation sites is 1. The predicted molar refractivity (Wildman–Crippen MR) is 200 cm³/mol. The summed E-state index contributed by atoms with van der Waals surface area (Å²) in [7, 11) is 0. The number of thiophene rings is 1. The summed E-state index contributed by atoms with van der Waals surface area (Å²) in [4.78, 5) is 5.35. The van der Waals surface area contributed by atoms with Gasteiger partial charge in [0.2, 0.25) is 0 Å². The second kappa shape index (κ2) is 9.75. The topological polar surface area (TPSA) is 17.8 Å². The quantitative estimate of drug-likeness (QED) is 0.193. The molecule has 0 saturated carbocycles. The molecule has 0 saturated heterocycles. The monoisotopic (exact) mass is 618 g/mol. The molecule has 0 bridgehead atoms. The van der Waals surface area contributed by atoms with Crippen molar-refractivity contribution in [3.8, 4) is 39.3 Å². The summed E-state index contributed by atoms with van der Waals surface area (Å²) in [6, 6.07) is 53.0. The molecule has 0 aliphatic heterocycles. The Morgan fingerprint density at radius 3 is 2.09 bits per heavy atom. The average Bonchev–Trinajstić information content (AvgIpc) is 3.73. The second-order valence-corrected chi connectivity index (χ2v) is 14.3. The zero-order valence-electron chi connectivity index (χ0n) is 26.2. The van der Waals surface area contributed by atoms with E-state index in [1.165, 1.54) is 64.3 Å². The number of fused-ring (bicyclic) bond motifs is 10. The molecule has 0 N–H and O–H groups in total. The minimum absolute atomic E-state index is 0.0274. The van der Waals surface area contributed by atoms with Crippen molar-refractivity contribution in [2.45, 2.75) is 19.3 Å². The van der Waals surface area contributed by atoms with E-state index in [9.17, 15) is 0 Å². The van der Waals surface area contributed by atoms with E-state index in [1.54, 1.807) is 0 Å². The van der Waals surface area contributed by atoms with Crippen LogP contribution in [0.25, 0.3) is 81.3 Å². The fourth-order valence-electron chi connectivity index (χ4n) is 7.95. The molecule has 3 heteroatoms. The normalized spacial score (nSPS) is 13.5. The highest BCUT2D eigenvalue weighted by Crippen LogP contribution is 2.54. The molecule has 222 valence electrons. The molecule has 47 heavy (non-hydrogen) atoms. The van der Waals surface area contributed by atoms with Crippen LogP contribution in [-0.4, -0.2) is 9.55 Å². The van der Waals surface area contributed by atoms with Gasteiger partial charge in [-0.05, 0) is 69.8 Å². The SMILES string of the molecule is CC1(C)c2ccccc2-c2c1ccc1sc3cc4c(cc3c21)c1ccccc1n4-c1cc(-c2ccccc2)cc(-c2ccccc2)n1. The molecule has 0 amide bonds. The van der Waals surface area contributed by atoms with Gasteiger partial charge in [0.1, 0.15) is 5.82 Å². The van der Waals surface area contributed by atoms with Gasteiger partial charge in [0.05, 0.1) is 16.7 Å². The van der Waals surface area contributed by atoms with Crippen LogP contribution in [-0.2, 0) is 5.41 Å². The van der Waals surface area contributed by atoms with Crippen LogP contribution in [0.2, 0.25) is 0 Å². The lowest BCUT2D eigenvalue weighted by Crippen LogP contribution is -2.14. The Kier molecular flexibility index (Phi) is 5.53. The van der Waals surface area contributed by atoms with Crippen molar-refractivity contribution in [1.29, 1.82) is 0 Å². The largest absolute Gasteiger partial charge is 0.294 e. The third-order valence-corrected chi connectivity index (χ3v) is 11.3. The highest BCUT2D eigenvalue weighted by molar-refractivity contribution is 7.26. The first-order valence-electron chi connectivity index (χ1n) is 16.2. The van der Waals surface area contributed by atoms with Gasteiger partial charge in [0.15, 0.2) is 0 Å². The lowest BCUT2D eigenvalue weighted by Gasteiger charge is -2.21. The van der Waals surface area contributed by atoms with Crippen LogP contribution in [0, 0.1) is 0 Å². The summed E-state index contributed by atoms with van der Waals surface area (Å²) in [5, 5.41) is 5.21. The van der Waals surface area contributed by atoms with Crippen LogP contribution in [0.4, 0.5) is 0 Å². The summed E-state index contributed by atoms with van der Waals surface area (Å²) >= 11 is 1.90. The van der Waals surface area contributed by atoms with Gasteiger partial charge in [-0.2, -0.15) is 0 Å². The Balaban J connectivity index is 1.29. The first kappa shape index (κ1) is 26.7. The molecule has 9 aromatic rings. The minimum Gasteiger partial charge on any atom is -0.294 e. The van der Waals surface area contributed by atoms with Gasteiger partial charge < -0.3 is 0 Å². The Morgan fingerprint density at radius 1 is 0.532 bits per heavy atom. The number of hydrogen-bond donors (Lipinski definition) is 0. The van der Waals surface area contributed by atoms with Crippen molar-refractivity contribution >= 4 is 53.3 Å². The molecule has 2 nitrogen and oxygen atoms in total. The van der Waals surface area contributed by atoms with Crippen LogP contribution < -0.4 is 0 Å². The van der Waals surface area contributed by atoms with Crippen molar-refractivity contribution < 1.29 is 0 Å². The third kappa shape index (κ3) is 3.81. The number of hydrogen-bond acceptors (Lipinski definition) is 2. The molecule has 1 aliphatic rings. The summed E-state index contributed by atoms with van der Waals surface area (Å²) in [5.41, 5.74) is 12.3. The maximum absolute atomic E-state index is 5.35. The first-order valence-corrected chi connectivity index (χ1v) is 17.0. The number of rotatable bonds is 3. The molecule has 0 spiro atoms. The van der Waals surface area contributed by atoms with E-state index in [4.69, 9.17) is 4.98 Å². The summed E-state index contributed by atoms with van der Waals surface area (Å²) in [6.45, 7) is 4.73. The lowest BCUT2D eigenvalue weighted by atomic mass is 9.82. The van der Waals surface area contributed by atoms with E-state index in [0.717, 1.165) is 28.2 Å². The van der Waals surface area contributed by atoms with E-state index in [-0.39, 0.29) is 5.41 Å². The van der Waals surface area contributed by atoms with Crippen LogP contribution in [0.1, 0.15) is 25.0 Å². The van der Waals surface area contributed by atoms with E-state index < -0.39 is 0 Å². The average molecular weight is 619 g/mol. The van der Waals surface area contributed by atoms with E-state index in [1.807, 2.05) is 11.3 Å². The van der Waals surface area contributed by atoms with Gasteiger partial charge in [-0.3, -0.25) is 4.57 Å². The van der Waals surface area contributed by atoms with Crippen molar-refractivity contribution in [1.82, 2.24) is 9.55 Å². The van der Waals surface area contributed by atoms with E-state index in [2.05, 4.69) is 164 Å². The molecule has 0 radical (unpaired) electrons. The summed E-state index contributed by atoms with van der Waals surface area (Å²) in [5.74, 6) is 0.924. The summed E-state index contributed by atoms with van der Waals surface area (Å²) in [6.07, 6.45) is 0. The van der Waals surface area contributed by atoms with Crippen molar-refractivity contribution in [3.05, 3.63) is 157 Å². The second-order valence-electron chi connectivity index (χ2n) is 13.2. The van der Waals surface area contributed by atoms with Crippen LogP contribution in [0.15, 0.2) is 146 Å². The van der Waals surface area contributed by atoms with Gasteiger partial charge in [0.25, 0.3) is 0 Å². The van der Waals surface area contributed by atoms with Crippen LogP contribution >= 0.6 is 11.3 Å². The highest BCUT2D eigenvalue weighted by Gasteiger charge is 2.36. The smallest absolute Gasteiger partial charge is 0.138 e. The fraction of sp³-hybridized carbons (Fsp3) is 0.0682. The van der Waals surface area contributed by atoms with Gasteiger partial charge >= 0.3 is 0 Å². The van der Waals surface area contributed by atoms with Crippen LogP contribution in [0.5, 0.6) is 0 Å². The van der Waals surface area contributed by atoms with Crippen molar-refractivity contribution in [3.63, 3.8) is 0 Å². The number of aromatic nitrogens is 2. The zero-order valence-corrected chi connectivity index (χ0v) is 27.0. The standard InChI is InChI=1S/C44H30N2S/c1-44(2)34-19-11-9-18-31(34)42-35(44)21-22-39-43(42)33-25-32-30-17-10-12-20-37(30)46(38(32)26-40(33)47-39)41-24-29(27-13-5-3-6-14-27)23-36(45-41)28-15-7-4-8-16-28/h3-26H,1-2H3. The van der Waals surface area contributed by atoms with Gasteiger partial charge in [0, 0.05) is 41.9 Å². The molecule has 6 aromatic carbocycles. The number of pyridine rings is 1. The number of benzene rings is 6. The molecule has 3 aromatic heterocycles. The first-order chi connectivity index (χ1) is 23.1. The maximum Gasteiger partial charge on any atom is 0.138 e. The zero-order chi connectivity index (χ0) is 31.3. The van der Waals surface area contributed by atoms with E-state index in [0.29, 0.717) is 0 Å². The fourth-order valence-corrected chi connectivity index (χ4v) is 9.08. The predicted octanol–water partition coefficient (Wildman–Crippen LogP) is 12.2. The highest BCUT2D eigenvalue weighted by atomic mass is 32.1. The molecule has 1 aliphatic carbocycles. The molecular weight excluding hydrogens is 589 g/mol. The molecular formula is C44H30N2S. The molecule has 10 rings (SSSR count). The van der Waals surface area contributed by atoms with Crippen LogP contribution in [0.3, 0.4) is 0 Å². The lowest BCUT2D eigenvalue weighted by molar-refractivity contribution is 0.661.